The number of phosphoric ester groups is 1. The van der Waals surface area contributed by atoms with E-state index in [1.165, 1.54) is 167 Å². The Kier molecular flexibility index (Phi) is 56.3. The molecule has 0 amide bonds. The van der Waals surface area contributed by atoms with Crippen LogP contribution >= 0.6 is 7.82 Å². The van der Waals surface area contributed by atoms with Gasteiger partial charge in [0.25, 0.3) is 7.82 Å². The number of carbonyl (C=O) groups excluding carboxylic acids is 2. The van der Waals surface area contributed by atoms with Crippen molar-refractivity contribution >= 4 is 19.8 Å². The fraction of sp³-hybridized carbons (Fsp3) is 0.735. The summed E-state index contributed by atoms with van der Waals surface area (Å²) in [6.07, 6.45) is 80.8. The number of allylic oxidation sites excluding steroid dienone is 16. The molecule has 0 aromatic carbocycles. The third kappa shape index (κ3) is 62.1. The van der Waals surface area contributed by atoms with Gasteiger partial charge in [0.15, 0.2) is 6.10 Å². The van der Waals surface area contributed by atoms with Crippen LogP contribution in [0, 0.1) is 0 Å². The van der Waals surface area contributed by atoms with Gasteiger partial charge in [-0.2, -0.15) is 0 Å². The first-order chi connectivity index (χ1) is 38.0. The lowest BCUT2D eigenvalue weighted by molar-refractivity contribution is -0.870. The molecule has 2 unspecified atom stereocenters. The monoisotopic (exact) mass is 1110 g/mol. The predicted molar refractivity (Wildman–Crippen MR) is 332 cm³/mol. The van der Waals surface area contributed by atoms with Crippen LogP contribution in [-0.2, 0) is 32.7 Å². The van der Waals surface area contributed by atoms with Crippen LogP contribution in [0.4, 0.5) is 0 Å². The van der Waals surface area contributed by atoms with Crippen molar-refractivity contribution in [1.82, 2.24) is 0 Å². The molecule has 0 aliphatic heterocycles. The SMILES string of the molecule is CC/C=C\C/C=C\C/C=C\C/C=C\C/C=C\CCCC(=O)OC(COC(=O)CCCCCCCCCCCCCCCCCCCCCCCC/C=C\C/C=C\C/C=C\CCCCCCC)COP(=O)([O-])OCC[N+](C)(C)C. The second-order valence-corrected chi connectivity index (χ2v) is 23.8. The number of hydrogen-bond donors (Lipinski definition) is 0. The molecule has 0 rings (SSSR count). The van der Waals surface area contributed by atoms with Gasteiger partial charge in [0.05, 0.1) is 27.7 Å². The van der Waals surface area contributed by atoms with Crippen molar-refractivity contribution in [2.24, 2.45) is 0 Å². The summed E-state index contributed by atoms with van der Waals surface area (Å²) in [4.78, 5) is 37.8. The molecule has 0 saturated carbocycles. The molecule has 2 atom stereocenters. The van der Waals surface area contributed by atoms with Gasteiger partial charge in [-0.3, -0.25) is 14.2 Å². The fourth-order valence-corrected chi connectivity index (χ4v) is 9.43. The maximum absolute atomic E-state index is 12.8. The lowest BCUT2D eigenvalue weighted by Gasteiger charge is -2.28. The molecule has 0 aromatic heterocycles. The molecular weight excluding hydrogens is 990 g/mol. The summed E-state index contributed by atoms with van der Waals surface area (Å²) in [6, 6.07) is 0. The van der Waals surface area contributed by atoms with Gasteiger partial charge in [-0.25, -0.2) is 0 Å². The van der Waals surface area contributed by atoms with Crippen molar-refractivity contribution in [2.75, 3.05) is 47.5 Å². The van der Waals surface area contributed by atoms with Gasteiger partial charge in [0.1, 0.15) is 19.8 Å². The Bertz CT molecular complexity index is 1640. The first kappa shape index (κ1) is 74.9. The van der Waals surface area contributed by atoms with E-state index in [1.807, 2.05) is 27.2 Å². The van der Waals surface area contributed by atoms with Crippen LogP contribution in [0.3, 0.4) is 0 Å². The highest BCUT2D eigenvalue weighted by Crippen LogP contribution is 2.38. The van der Waals surface area contributed by atoms with E-state index in [4.69, 9.17) is 18.5 Å². The van der Waals surface area contributed by atoms with Gasteiger partial charge in [0.2, 0.25) is 0 Å². The Morgan fingerprint density at radius 3 is 1.13 bits per heavy atom. The number of phosphoric acid groups is 1. The highest BCUT2D eigenvalue weighted by atomic mass is 31.2. The van der Waals surface area contributed by atoms with E-state index in [0.717, 1.165) is 64.2 Å². The van der Waals surface area contributed by atoms with Crippen LogP contribution in [-0.4, -0.2) is 70.0 Å². The smallest absolute Gasteiger partial charge is 0.306 e. The Morgan fingerprint density at radius 2 is 0.744 bits per heavy atom. The lowest BCUT2D eigenvalue weighted by Crippen LogP contribution is -2.37. The van der Waals surface area contributed by atoms with E-state index in [0.29, 0.717) is 23.9 Å². The molecule has 0 fully saturated rings. The number of ether oxygens (including phenoxy) is 2. The summed E-state index contributed by atoms with van der Waals surface area (Å²) in [5, 5.41) is 0. The third-order valence-corrected chi connectivity index (χ3v) is 14.6. The lowest BCUT2D eigenvalue weighted by atomic mass is 10.0. The maximum Gasteiger partial charge on any atom is 0.306 e. The standard InChI is InChI=1S/C68H120NO8P/c1-6-8-10-12-14-16-18-20-22-24-25-26-27-28-29-30-31-32-33-34-35-36-37-38-39-40-41-42-43-45-46-48-50-52-54-56-58-60-67(70)74-64-66(65-76-78(72,73)75-63-62-69(3,4)5)77-68(71)61-59-57-55-53-51-49-47-44-23-21-19-17-15-13-11-9-7-2/h9,11,15,17-18,20-21,23-25,27-28,47,49,53,55,66H,6-8,10,12-14,16,19,22,26,29-46,48,50-52,54,56-65H2,1-5H3/b11-9-,17-15-,20-18-,23-21-,25-24-,28-27-,49-47-,55-53-. The van der Waals surface area contributed by atoms with E-state index in [2.05, 4.69) is 105 Å². The molecule has 0 radical (unpaired) electrons. The summed E-state index contributed by atoms with van der Waals surface area (Å²) >= 11 is 0. The average Bonchev–Trinajstić information content (AvgIpc) is 3.40. The van der Waals surface area contributed by atoms with Crippen molar-refractivity contribution in [2.45, 2.75) is 277 Å². The van der Waals surface area contributed by atoms with Gasteiger partial charge in [-0.15, -0.1) is 0 Å². The highest BCUT2D eigenvalue weighted by Gasteiger charge is 2.21. The van der Waals surface area contributed by atoms with Crippen LogP contribution in [0.5, 0.6) is 0 Å². The number of quaternary nitrogens is 1. The molecule has 10 heteroatoms. The second-order valence-electron chi connectivity index (χ2n) is 22.4. The maximum atomic E-state index is 12.8. The molecule has 0 N–H and O–H groups in total. The number of esters is 2. The van der Waals surface area contributed by atoms with Gasteiger partial charge >= 0.3 is 11.9 Å². The van der Waals surface area contributed by atoms with Gasteiger partial charge in [-0.1, -0.05) is 265 Å². The van der Waals surface area contributed by atoms with Crippen LogP contribution in [0.1, 0.15) is 271 Å². The van der Waals surface area contributed by atoms with E-state index in [1.54, 1.807) is 0 Å². The summed E-state index contributed by atoms with van der Waals surface area (Å²) in [5.74, 6) is -0.899. The molecule has 0 aliphatic carbocycles. The van der Waals surface area contributed by atoms with Gasteiger partial charge in [0, 0.05) is 12.8 Å². The molecule has 0 heterocycles. The van der Waals surface area contributed by atoms with Crippen molar-refractivity contribution in [1.29, 1.82) is 0 Å². The van der Waals surface area contributed by atoms with Crippen LogP contribution in [0.25, 0.3) is 0 Å². The average molecular weight is 1110 g/mol. The minimum atomic E-state index is -4.66. The third-order valence-electron chi connectivity index (χ3n) is 13.6. The van der Waals surface area contributed by atoms with E-state index in [9.17, 15) is 19.0 Å². The number of nitrogens with zero attached hydrogens (tertiary/aromatic N) is 1. The van der Waals surface area contributed by atoms with Crippen molar-refractivity contribution < 1.29 is 42.1 Å². The largest absolute Gasteiger partial charge is 0.756 e. The Morgan fingerprint density at radius 1 is 0.410 bits per heavy atom. The van der Waals surface area contributed by atoms with Gasteiger partial charge in [-0.05, 0) is 89.9 Å². The number of unbranched alkanes of at least 4 members (excludes halogenated alkanes) is 28. The topological polar surface area (TPSA) is 111 Å². The van der Waals surface area contributed by atoms with E-state index >= 15 is 0 Å². The molecule has 450 valence electrons. The predicted octanol–water partition coefficient (Wildman–Crippen LogP) is 19.7. The first-order valence-electron chi connectivity index (χ1n) is 31.9. The number of carbonyl (C=O) groups is 2. The molecule has 0 aromatic rings. The van der Waals surface area contributed by atoms with Crippen LogP contribution < -0.4 is 4.89 Å². The molecule has 0 spiro atoms. The molecule has 0 bridgehead atoms. The molecule has 9 nitrogen and oxygen atoms in total. The Balaban J connectivity index is 4.00. The van der Waals surface area contributed by atoms with Crippen LogP contribution in [0.15, 0.2) is 97.2 Å². The van der Waals surface area contributed by atoms with E-state index < -0.39 is 32.5 Å². The zero-order chi connectivity index (χ0) is 57.0. The molecule has 0 saturated heterocycles. The van der Waals surface area contributed by atoms with E-state index in [-0.39, 0.29) is 26.1 Å². The number of hydrogen-bond acceptors (Lipinski definition) is 8. The summed E-state index contributed by atoms with van der Waals surface area (Å²) < 4.78 is 34.1. The Labute approximate surface area is 481 Å². The molecule has 78 heavy (non-hydrogen) atoms. The van der Waals surface area contributed by atoms with Crippen molar-refractivity contribution in [3.8, 4) is 0 Å². The zero-order valence-electron chi connectivity index (χ0n) is 51.1. The minimum Gasteiger partial charge on any atom is -0.756 e. The van der Waals surface area contributed by atoms with Crippen molar-refractivity contribution in [3.63, 3.8) is 0 Å². The highest BCUT2D eigenvalue weighted by molar-refractivity contribution is 7.45. The zero-order valence-corrected chi connectivity index (χ0v) is 52.0. The quantitative estimate of drug-likeness (QED) is 0.0195. The fourth-order valence-electron chi connectivity index (χ4n) is 8.70. The molecule has 0 aliphatic rings. The summed E-state index contributed by atoms with van der Waals surface area (Å²) in [5.41, 5.74) is 0. The van der Waals surface area contributed by atoms with Gasteiger partial charge < -0.3 is 27.9 Å². The van der Waals surface area contributed by atoms with Crippen LogP contribution in [0.2, 0.25) is 0 Å². The second kappa shape index (κ2) is 58.6. The molecular formula is C68H120NO8P. The number of likely N-dealkylation sites (N-methyl/N-ethyl adjacent to an activating group) is 1. The summed E-state index contributed by atoms with van der Waals surface area (Å²) in [7, 11) is 1.13. The van der Waals surface area contributed by atoms with Crippen molar-refractivity contribution in [3.05, 3.63) is 97.2 Å². The first-order valence-corrected chi connectivity index (χ1v) is 33.4. The summed E-state index contributed by atoms with van der Waals surface area (Å²) in [6.45, 7) is 4.06. The number of rotatable bonds is 58. The normalized spacial score (nSPS) is 13.9. The minimum absolute atomic E-state index is 0.0445. The Hall–Kier alpha value is -3.07.